The van der Waals surface area contributed by atoms with E-state index < -0.39 is 10.0 Å². The Bertz CT molecular complexity index is 1240. The van der Waals surface area contributed by atoms with Crippen molar-refractivity contribution in [3.05, 3.63) is 64.8 Å². The molecule has 1 atom stereocenters. The number of nitrogens with one attached hydrogen (secondary N) is 1. The Morgan fingerprint density at radius 2 is 1.91 bits per heavy atom. The van der Waals surface area contributed by atoms with Gasteiger partial charge in [-0.1, -0.05) is 17.7 Å². The lowest BCUT2D eigenvalue weighted by molar-refractivity contribution is 0.139. The van der Waals surface area contributed by atoms with Crippen molar-refractivity contribution in [1.29, 1.82) is 0 Å². The minimum atomic E-state index is -3.36. The SMILES string of the molecule is CS(=O)(=O)N[C@H]1Cc2cc(Cl)ccc2-n2c(nnc2C2CCC(Oc3ccccn3)CC2)C1. The van der Waals surface area contributed by atoms with Crippen LogP contribution in [0.1, 0.15) is 48.8 Å². The first kappa shape index (κ1) is 22.3. The Labute approximate surface area is 198 Å². The number of hydrogen-bond acceptors (Lipinski definition) is 6. The summed E-state index contributed by atoms with van der Waals surface area (Å²) >= 11 is 6.28. The van der Waals surface area contributed by atoms with E-state index in [1.807, 2.05) is 36.4 Å². The third kappa shape index (κ3) is 5.05. The Morgan fingerprint density at radius 3 is 2.64 bits per heavy atom. The van der Waals surface area contributed by atoms with Gasteiger partial charge >= 0.3 is 0 Å². The molecule has 0 amide bonds. The second-order valence-electron chi connectivity index (χ2n) is 8.84. The maximum atomic E-state index is 11.9. The summed E-state index contributed by atoms with van der Waals surface area (Å²) in [5, 5.41) is 9.68. The van der Waals surface area contributed by atoms with Gasteiger partial charge in [0.05, 0.1) is 11.9 Å². The minimum Gasteiger partial charge on any atom is -0.474 e. The Hall–Kier alpha value is -2.49. The lowest BCUT2D eigenvalue weighted by Gasteiger charge is -2.28. The molecule has 10 heteroatoms. The molecule has 3 heterocycles. The predicted molar refractivity (Wildman–Crippen MR) is 125 cm³/mol. The van der Waals surface area contributed by atoms with Crippen LogP contribution in [0.3, 0.4) is 0 Å². The zero-order valence-electron chi connectivity index (χ0n) is 18.3. The van der Waals surface area contributed by atoms with E-state index in [0.717, 1.165) is 48.6 Å². The summed E-state index contributed by atoms with van der Waals surface area (Å²) in [5.41, 5.74) is 1.95. The fourth-order valence-electron chi connectivity index (χ4n) is 4.90. The molecule has 0 saturated heterocycles. The summed E-state index contributed by atoms with van der Waals surface area (Å²) in [6.45, 7) is 0. The van der Waals surface area contributed by atoms with Crippen LogP contribution in [-0.4, -0.2) is 46.6 Å². The summed E-state index contributed by atoms with van der Waals surface area (Å²) in [6, 6.07) is 11.1. The molecule has 0 unspecified atom stereocenters. The quantitative estimate of drug-likeness (QED) is 0.592. The summed E-state index contributed by atoms with van der Waals surface area (Å²) in [4.78, 5) is 4.27. The molecule has 3 aromatic rings. The van der Waals surface area contributed by atoms with E-state index in [1.54, 1.807) is 6.20 Å². The number of ether oxygens (including phenoxy) is 1. The van der Waals surface area contributed by atoms with Gasteiger partial charge in [-0.05, 0) is 61.9 Å². The zero-order valence-corrected chi connectivity index (χ0v) is 19.9. The van der Waals surface area contributed by atoms with E-state index in [-0.39, 0.29) is 18.1 Å². The van der Waals surface area contributed by atoms with Gasteiger partial charge in [0.1, 0.15) is 17.8 Å². The monoisotopic (exact) mass is 487 g/mol. The lowest BCUT2D eigenvalue weighted by atomic mass is 9.86. The van der Waals surface area contributed by atoms with Crippen molar-refractivity contribution >= 4 is 21.6 Å². The van der Waals surface area contributed by atoms with Crippen LogP contribution in [0, 0.1) is 0 Å². The average Bonchev–Trinajstić information content (AvgIpc) is 3.11. The van der Waals surface area contributed by atoms with Crippen molar-refractivity contribution in [2.45, 2.75) is 56.6 Å². The van der Waals surface area contributed by atoms with Crippen LogP contribution in [0.15, 0.2) is 42.6 Å². The van der Waals surface area contributed by atoms with Gasteiger partial charge in [0.25, 0.3) is 0 Å². The molecule has 1 aliphatic heterocycles. The van der Waals surface area contributed by atoms with Crippen LogP contribution in [-0.2, 0) is 22.9 Å². The summed E-state index contributed by atoms with van der Waals surface area (Å²) in [7, 11) is -3.36. The van der Waals surface area contributed by atoms with Crippen molar-refractivity contribution in [2.24, 2.45) is 0 Å². The Balaban J connectivity index is 1.40. The Kier molecular flexibility index (Phi) is 6.11. The van der Waals surface area contributed by atoms with Crippen LogP contribution in [0.4, 0.5) is 0 Å². The highest BCUT2D eigenvalue weighted by Gasteiger charge is 2.32. The van der Waals surface area contributed by atoms with Crippen molar-refractivity contribution in [1.82, 2.24) is 24.5 Å². The highest BCUT2D eigenvalue weighted by Crippen LogP contribution is 2.37. The molecule has 1 fully saturated rings. The van der Waals surface area contributed by atoms with Crippen LogP contribution >= 0.6 is 11.6 Å². The van der Waals surface area contributed by atoms with Crippen LogP contribution in [0.2, 0.25) is 5.02 Å². The van der Waals surface area contributed by atoms with E-state index in [0.29, 0.717) is 23.7 Å². The minimum absolute atomic E-state index is 0.136. The van der Waals surface area contributed by atoms with Crippen molar-refractivity contribution < 1.29 is 13.2 Å². The van der Waals surface area contributed by atoms with E-state index >= 15 is 0 Å². The predicted octanol–water partition coefficient (Wildman–Crippen LogP) is 3.44. The molecular weight excluding hydrogens is 462 g/mol. The van der Waals surface area contributed by atoms with Crippen LogP contribution < -0.4 is 9.46 Å². The van der Waals surface area contributed by atoms with Gasteiger partial charge in [0, 0.05) is 35.7 Å². The van der Waals surface area contributed by atoms with Crippen molar-refractivity contribution in [3.8, 4) is 11.6 Å². The summed E-state index contributed by atoms with van der Waals surface area (Å²) in [5.74, 6) is 2.59. The Morgan fingerprint density at radius 1 is 1.09 bits per heavy atom. The second kappa shape index (κ2) is 9.04. The molecule has 1 N–H and O–H groups in total. The lowest BCUT2D eigenvalue weighted by Crippen LogP contribution is -2.37. The number of benzene rings is 1. The van der Waals surface area contributed by atoms with Crippen molar-refractivity contribution in [3.63, 3.8) is 0 Å². The van der Waals surface area contributed by atoms with Gasteiger partial charge in [-0.3, -0.25) is 4.57 Å². The standard InChI is InChI=1S/C23H26ClN5O3S/c1-33(30,31)28-18-13-16-12-17(24)7-10-20(16)29-21(14-18)26-27-23(29)15-5-8-19(9-6-15)32-22-4-2-3-11-25-22/h2-4,7,10-12,15,18-19,28H,5-6,8-9,13-14H2,1H3/t15?,18-,19?/m0/s1. The smallest absolute Gasteiger partial charge is 0.213 e. The summed E-state index contributed by atoms with van der Waals surface area (Å²) in [6.07, 6.45) is 7.75. The van der Waals surface area contributed by atoms with Crippen LogP contribution in [0.5, 0.6) is 5.88 Å². The molecule has 1 aliphatic carbocycles. The third-order valence-corrected chi connectivity index (χ3v) is 7.27. The highest BCUT2D eigenvalue weighted by atomic mass is 35.5. The largest absolute Gasteiger partial charge is 0.474 e. The fraction of sp³-hybridized carbons (Fsp3) is 0.435. The number of rotatable bonds is 5. The van der Waals surface area contributed by atoms with Gasteiger partial charge in [-0.15, -0.1) is 10.2 Å². The van der Waals surface area contributed by atoms with Gasteiger partial charge < -0.3 is 4.74 Å². The van der Waals surface area contributed by atoms with Gasteiger partial charge in [0.15, 0.2) is 0 Å². The summed E-state index contributed by atoms with van der Waals surface area (Å²) < 4.78 is 34.7. The van der Waals surface area contributed by atoms with Crippen LogP contribution in [0.25, 0.3) is 5.69 Å². The fourth-order valence-corrected chi connectivity index (χ4v) is 5.86. The van der Waals surface area contributed by atoms with E-state index in [9.17, 15) is 8.42 Å². The maximum Gasteiger partial charge on any atom is 0.213 e. The molecular formula is C23H26ClN5O3S. The zero-order chi connectivity index (χ0) is 23.0. The number of hydrogen-bond donors (Lipinski definition) is 1. The van der Waals surface area contributed by atoms with E-state index in [1.165, 1.54) is 6.26 Å². The van der Waals surface area contributed by atoms with Crippen molar-refractivity contribution in [2.75, 3.05) is 6.26 Å². The number of nitrogens with zero attached hydrogens (tertiary/aromatic N) is 4. The number of halogens is 1. The first-order chi connectivity index (χ1) is 15.9. The molecule has 33 heavy (non-hydrogen) atoms. The first-order valence-electron chi connectivity index (χ1n) is 11.1. The first-order valence-corrected chi connectivity index (χ1v) is 13.4. The molecule has 0 radical (unpaired) electrons. The topological polar surface area (TPSA) is 99.0 Å². The molecule has 174 valence electrons. The molecule has 1 saturated carbocycles. The number of sulfonamides is 1. The molecule has 5 rings (SSSR count). The molecule has 1 aromatic carbocycles. The molecule has 8 nitrogen and oxygen atoms in total. The number of fused-ring (bicyclic) bond motifs is 3. The molecule has 0 bridgehead atoms. The van der Waals surface area contributed by atoms with E-state index in [4.69, 9.17) is 16.3 Å². The van der Waals surface area contributed by atoms with E-state index in [2.05, 4.69) is 24.5 Å². The van der Waals surface area contributed by atoms with Gasteiger partial charge in [-0.2, -0.15) is 0 Å². The molecule has 2 aliphatic rings. The normalized spacial score (nSPS) is 22.8. The maximum absolute atomic E-state index is 11.9. The number of aromatic nitrogens is 4. The highest BCUT2D eigenvalue weighted by molar-refractivity contribution is 7.88. The molecule has 2 aromatic heterocycles. The van der Waals surface area contributed by atoms with Gasteiger partial charge in [0.2, 0.25) is 15.9 Å². The third-order valence-electron chi connectivity index (χ3n) is 6.28. The van der Waals surface area contributed by atoms with Gasteiger partial charge in [-0.25, -0.2) is 18.1 Å². The second-order valence-corrected chi connectivity index (χ2v) is 11.1. The number of pyridine rings is 1. The molecule has 0 spiro atoms. The average molecular weight is 488 g/mol.